The van der Waals surface area contributed by atoms with Crippen LogP contribution in [-0.4, -0.2) is 47.4 Å². The molecule has 5 heteroatoms. The monoisotopic (exact) mass is 260 g/mol. The topological polar surface area (TPSA) is 49.6 Å². The Morgan fingerprint density at radius 1 is 1.42 bits per heavy atom. The number of carbonyl (C=O) groups excluding carboxylic acids is 1. The zero-order valence-electron chi connectivity index (χ0n) is 11.5. The maximum atomic E-state index is 11.8. The molecule has 0 aliphatic carbocycles. The minimum atomic E-state index is 0.0298. The summed E-state index contributed by atoms with van der Waals surface area (Å²) in [6.07, 6.45) is 5.13. The summed E-state index contributed by atoms with van der Waals surface area (Å²) in [6, 6.07) is 5.81. The van der Waals surface area contributed by atoms with Crippen molar-refractivity contribution in [1.82, 2.24) is 19.6 Å². The van der Waals surface area contributed by atoms with Gasteiger partial charge in [-0.1, -0.05) is 6.07 Å². The van der Waals surface area contributed by atoms with Crippen LogP contribution < -0.4 is 5.32 Å². The molecule has 0 unspecified atom stereocenters. The largest absolute Gasteiger partial charge is 0.356 e. The molecule has 1 amide bonds. The van der Waals surface area contributed by atoms with Crippen molar-refractivity contribution in [2.75, 3.05) is 27.2 Å². The van der Waals surface area contributed by atoms with E-state index >= 15 is 0 Å². The molecule has 0 atom stereocenters. The van der Waals surface area contributed by atoms with E-state index in [1.807, 2.05) is 49.1 Å². The molecule has 2 heterocycles. The van der Waals surface area contributed by atoms with Gasteiger partial charge in [-0.2, -0.15) is 0 Å². The molecule has 0 aromatic carbocycles. The lowest BCUT2D eigenvalue weighted by Gasteiger charge is -2.09. The number of hydrogen-bond acceptors (Lipinski definition) is 3. The maximum Gasteiger partial charge on any atom is 0.226 e. The SMILES string of the molecule is CN(C)CCCNC(=O)Cc1cn2ccccc2n1. The third-order valence-electron chi connectivity index (χ3n) is 2.86. The van der Waals surface area contributed by atoms with Gasteiger partial charge in [-0.3, -0.25) is 4.79 Å². The number of nitrogens with one attached hydrogen (secondary N) is 1. The van der Waals surface area contributed by atoms with Gasteiger partial charge in [-0.05, 0) is 39.2 Å². The van der Waals surface area contributed by atoms with Gasteiger partial charge in [0.15, 0.2) is 0 Å². The maximum absolute atomic E-state index is 11.8. The average Bonchev–Trinajstić information content (AvgIpc) is 2.76. The quantitative estimate of drug-likeness (QED) is 0.787. The van der Waals surface area contributed by atoms with E-state index in [0.29, 0.717) is 13.0 Å². The first kappa shape index (κ1) is 13.5. The van der Waals surface area contributed by atoms with E-state index in [1.54, 1.807) is 0 Å². The molecule has 0 aliphatic rings. The van der Waals surface area contributed by atoms with Crippen LogP contribution >= 0.6 is 0 Å². The van der Waals surface area contributed by atoms with E-state index in [0.717, 1.165) is 24.3 Å². The van der Waals surface area contributed by atoms with Gasteiger partial charge in [0.1, 0.15) is 5.65 Å². The molecule has 0 fully saturated rings. The van der Waals surface area contributed by atoms with Crippen molar-refractivity contribution in [2.45, 2.75) is 12.8 Å². The molecule has 2 aromatic heterocycles. The van der Waals surface area contributed by atoms with Crippen molar-refractivity contribution >= 4 is 11.6 Å². The summed E-state index contributed by atoms with van der Waals surface area (Å²) in [5, 5.41) is 2.92. The van der Waals surface area contributed by atoms with Crippen molar-refractivity contribution in [1.29, 1.82) is 0 Å². The number of rotatable bonds is 6. The summed E-state index contributed by atoms with van der Waals surface area (Å²) in [5.74, 6) is 0.0298. The van der Waals surface area contributed by atoms with Crippen molar-refractivity contribution in [3.63, 3.8) is 0 Å². The van der Waals surface area contributed by atoms with Crippen LogP contribution in [0.4, 0.5) is 0 Å². The van der Waals surface area contributed by atoms with E-state index < -0.39 is 0 Å². The Kier molecular flexibility index (Phi) is 4.52. The van der Waals surface area contributed by atoms with Gasteiger partial charge in [-0.25, -0.2) is 4.98 Å². The standard InChI is InChI=1S/C14H20N4O/c1-17(2)8-5-7-15-14(19)10-12-11-18-9-4-3-6-13(18)16-12/h3-4,6,9,11H,5,7-8,10H2,1-2H3,(H,15,19). The highest BCUT2D eigenvalue weighted by Crippen LogP contribution is 2.04. The number of fused-ring (bicyclic) bond motifs is 1. The molecule has 0 saturated heterocycles. The van der Waals surface area contributed by atoms with Crippen LogP contribution in [-0.2, 0) is 11.2 Å². The Morgan fingerprint density at radius 3 is 3.00 bits per heavy atom. The number of pyridine rings is 1. The number of amides is 1. The zero-order valence-corrected chi connectivity index (χ0v) is 11.5. The zero-order chi connectivity index (χ0) is 13.7. The van der Waals surface area contributed by atoms with Crippen LogP contribution in [0.5, 0.6) is 0 Å². The summed E-state index contributed by atoms with van der Waals surface area (Å²) < 4.78 is 1.93. The first-order valence-electron chi connectivity index (χ1n) is 6.49. The lowest BCUT2D eigenvalue weighted by atomic mass is 10.3. The lowest BCUT2D eigenvalue weighted by molar-refractivity contribution is -0.120. The van der Waals surface area contributed by atoms with Gasteiger partial charge >= 0.3 is 0 Å². The first-order valence-corrected chi connectivity index (χ1v) is 6.49. The summed E-state index contributed by atoms with van der Waals surface area (Å²) in [4.78, 5) is 18.3. The molecule has 0 radical (unpaired) electrons. The number of aromatic nitrogens is 2. The summed E-state index contributed by atoms with van der Waals surface area (Å²) >= 11 is 0. The van der Waals surface area contributed by atoms with Crippen molar-refractivity contribution in [2.24, 2.45) is 0 Å². The van der Waals surface area contributed by atoms with Gasteiger partial charge in [0.05, 0.1) is 12.1 Å². The Labute approximate surface area is 113 Å². The van der Waals surface area contributed by atoms with E-state index in [2.05, 4.69) is 15.2 Å². The molecule has 5 nitrogen and oxygen atoms in total. The molecule has 102 valence electrons. The predicted octanol–water partition coefficient (Wildman–Crippen LogP) is 0.945. The van der Waals surface area contributed by atoms with E-state index in [1.165, 1.54) is 0 Å². The van der Waals surface area contributed by atoms with Crippen LogP contribution in [0, 0.1) is 0 Å². The van der Waals surface area contributed by atoms with Crippen molar-refractivity contribution < 1.29 is 4.79 Å². The highest BCUT2D eigenvalue weighted by atomic mass is 16.1. The van der Waals surface area contributed by atoms with Crippen LogP contribution in [0.25, 0.3) is 5.65 Å². The summed E-state index contributed by atoms with van der Waals surface area (Å²) in [5.41, 5.74) is 1.68. The van der Waals surface area contributed by atoms with Gasteiger partial charge < -0.3 is 14.6 Å². The third-order valence-corrected chi connectivity index (χ3v) is 2.86. The Hall–Kier alpha value is -1.88. The summed E-state index contributed by atoms with van der Waals surface area (Å²) in [7, 11) is 4.05. The van der Waals surface area contributed by atoms with Gasteiger partial charge in [0, 0.05) is 18.9 Å². The van der Waals surface area contributed by atoms with Crippen molar-refractivity contribution in [3.05, 3.63) is 36.3 Å². The van der Waals surface area contributed by atoms with Crippen LogP contribution in [0.1, 0.15) is 12.1 Å². The Balaban J connectivity index is 1.81. The Morgan fingerprint density at radius 2 is 2.26 bits per heavy atom. The minimum Gasteiger partial charge on any atom is -0.356 e. The number of hydrogen-bond donors (Lipinski definition) is 1. The molecule has 2 aromatic rings. The van der Waals surface area contributed by atoms with Gasteiger partial charge in [0.25, 0.3) is 0 Å². The fourth-order valence-electron chi connectivity index (χ4n) is 1.92. The second-order valence-corrected chi connectivity index (χ2v) is 4.88. The third kappa shape index (κ3) is 4.06. The molecule has 1 N–H and O–H groups in total. The Bertz CT molecular complexity index is 514. The van der Waals surface area contributed by atoms with Gasteiger partial charge in [-0.15, -0.1) is 0 Å². The highest BCUT2D eigenvalue weighted by Gasteiger charge is 2.06. The second-order valence-electron chi connectivity index (χ2n) is 4.88. The number of nitrogens with zero attached hydrogens (tertiary/aromatic N) is 3. The normalized spacial score (nSPS) is 11.1. The van der Waals surface area contributed by atoms with E-state index in [9.17, 15) is 4.79 Å². The fraction of sp³-hybridized carbons (Fsp3) is 0.429. The second kappa shape index (κ2) is 6.33. The molecule has 0 bridgehead atoms. The van der Waals surface area contributed by atoms with Crippen molar-refractivity contribution in [3.8, 4) is 0 Å². The van der Waals surface area contributed by atoms with E-state index in [-0.39, 0.29) is 5.91 Å². The fourth-order valence-corrected chi connectivity index (χ4v) is 1.92. The van der Waals surface area contributed by atoms with Crippen LogP contribution in [0.3, 0.4) is 0 Å². The number of imidazole rings is 1. The molecular weight excluding hydrogens is 240 g/mol. The van der Waals surface area contributed by atoms with Gasteiger partial charge in [0.2, 0.25) is 5.91 Å². The molecule has 0 saturated carbocycles. The first-order chi connectivity index (χ1) is 9.15. The lowest BCUT2D eigenvalue weighted by Crippen LogP contribution is -2.28. The number of carbonyl (C=O) groups is 1. The molecular formula is C14H20N4O. The van der Waals surface area contributed by atoms with Crippen LogP contribution in [0.2, 0.25) is 0 Å². The summed E-state index contributed by atoms with van der Waals surface area (Å²) in [6.45, 7) is 1.69. The van der Waals surface area contributed by atoms with Crippen LogP contribution in [0.15, 0.2) is 30.6 Å². The average molecular weight is 260 g/mol. The molecule has 0 aliphatic heterocycles. The minimum absolute atomic E-state index is 0.0298. The van der Waals surface area contributed by atoms with E-state index in [4.69, 9.17) is 0 Å². The molecule has 0 spiro atoms. The smallest absolute Gasteiger partial charge is 0.226 e. The molecule has 2 rings (SSSR count). The highest BCUT2D eigenvalue weighted by molar-refractivity contribution is 5.78. The molecule has 19 heavy (non-hydrogen) atoms. The predicted molar refractivity (Wildman–Crippen MR) is 75.1 cm³/mol.